The second-order valence-corrected chi connectivity index (χ2v) is 5.63. The van der Waals surface area contributed by atoms with E-state index in [1.807, 2.05) is 6.20 Å². The van der Waals surface area contributed by atoms with Gasteiger partial charge in [0.2, 0.25) is 0 Å². The molecule has 1 heterocycles. The topological polar surface area (TPSA) is 38.1 Å². The molecule has 1 fully saturated rings. The van der Waals surface area contributed by atoms with E-state index in [0.29, 0.717) is 0 Å². The maximum atomic E-state index is 5.80. The van der Waals surface area contributed by atoms with Crippen molar-refractivity contribution in [3.05, 3.63) is 53.2 Å². The van der Waals surface area contributed by atoms with E-state index in [-0.39, 0.29) is 0 Å². The highest BCUT2D eigenvalue weighted by Crippen LogP contribution is 2.18. The van der Waals surface area contributed by atoms with Gasteiger partial charge in [0.15, 0.2) is 5.89 Å². The minimum atomic E-state index is 0.755. The lowest BCUT2D eigenvalue weighted by molar-refractivity contribution is 0.447. The highest BCUT2D eigenvalue weighted by Gasteiger charge is 2.19. The van der Waals surface area contributed by atoms with E-state index in [1.54, 1.807) is 0 Å². The fourth-order valence-corrected chi connectivity index (χ4v) is 2.40. The Balaban J connectivity index is 1.48. The molecule has 3 heteroatoms. The third-order valence-corrected chi connectivity index (χ3v) is 3.85. The van der Waals surface area contributed by atoms with Gasteiger partial charge in [-0.1, -0.05) is 24.3 Å². The highest BCUT2D eigenvalue weighted by molar-refractivity contribution is 5.26. The smallest absolute Gasteiger partial charge is 0.195 e. The summed E-state index contributed by atoms with van der Waals surface area (Å²) in [5.74, 6) is 1.85. The summed E-state index contributed by atoms with van der Waals surface area (Å²) in [5.41, 5.74) is 2.74. The number of hydrogen-bond acceptors (Lipinski definition) is 3. The summed E-state index contributed by atoms with van der Waals surface area (Å²) in [6.45, 7) is 3.13. The molecule has 20 heavy (non-hydrogen) atoms. The molecular weight excluding hydrogens is 248 g/mol. The number of aryl methyl sites for hydroxylation is 3. The van der Waals surface area contributed by atoms with Crippen LogP contribution in [0.5, 0.6) is 0 Å². The largest absolute Gasteiger partial charge is 0.446 e. The number of nitrogens with one attached hydrogen (secondary N) is 1. The summed E-state index contributed by atoms with van der Waals surface area (Å²) in [6.07, 6.45) is 7.36. The molecule has 0 saturated heterocycles. The first-order valence-corrected chi connectivity index (χ1v) is 7.53. The third kappa shape index (κ3) is 3.70. The average Bonchev–Trinajstić information content (AvgIpc) is 3.16. The molecule has 3 rings (SSSR count). The van der Waals surface area contributed by atoms with Crippen molar-refractivity contribution in [2.24, 2.45) is 0 Å². The molecule has 1 saturated carbocycles. The molecule has 1 aromatic carbocycles. The van der Waals surface area contributed by atoms with Crippen molar-refractivity contribution >= 4 is 0 Å². The molecule has 0 unspecified atom stereocenters. The molecule has 0 bridgehead atoms. The van der Waals surface area contributed by atoms with E-state index in [2.05, 4.69) is 41.5 Å². The maximum Gasteiger partial charge on any atom is 0.195 e. The lowest BCUT2D eigenvalue weighted by Gasteiger charge is -2.03. The van der Waals surface area contributed by atoms with Crippen LogP contribution in [0.15, 0.2) is 34.9 Å². The van der Waals surface area contributed by atoms with Crippen molar-refractivity contribution < 1.29 is 4.42 Å². The molecule has 0 atom stereocenters. The van der Waals surface area contributed by atoms with E-state index in [0.717, 1.165) is 43.5 Å². The average molecular weight is 270 g/mol. The normalized spacial score (nSPS) is 14.7. The zero-order valence-electron chi connectivity index (χ0n) is 12.1. The van der Waals surface area contributed by atoms with Gasteiger partial charge in [0.25, 0.3) is 0 Å². The molecule has 0 amide bonds. The maximum absolute atomic E-state index is 5.80. The van der Waals surface area contributed by atoms with E-state index < -0.39 is 0 Å². The van der Waals surface area contributed by atoms with Gasteiger partial charge in [0.1, 0.15) is 5.76 Å². The molecule has 0 spiro atoms. The number of rotatable bonds is 7. The van der Waals surface area contributed by atoms with Crippen molar-refractivity contribution in [2.75, 3.05) is 6.54 Å². The van der Waals surface area contributed by atoms with Gasteiger partial charge in [0.05, 0.1) is 6.20 Å². The van der Waals surface area contributed by atoms with Crippen LogP contribution in [0.3, 0.4) is 0 Å². The van der Waals surface area contributed by atoms with E-state index in [4.69, 9.17) is 4.42 Å². The van der Waals surface area contributed by atoms with Crippen LogP contribution in [0, 0.1) is 6.92 Å². The summed E-state index contributed by atoms with van der Waals surface area (Å²) in [6, 6.07) is 9.28. The molecule has 106 valence electrons. The molecule has 0 aliphatic heterocycles. The Bertz CT molecular complexity index is 558. The molecule has 1 aliphatic rings. The van der Waals surface area contributed by atoms with Crippen LogP contribution in [0.4, 0.5) is 0 Å². The second kappa shape index (κ2) is 6.23. The van der Waals surface area contributed by atoms with Crippen molar-refractivity contribution in [3.8, 4) is 0 Å². The summed E-state index contributed by atoms with van der Waals surface area (Å²) in [4.78, 5) is 4.36. The Morgan fingerprint density at radius 3 is 2.85 bits per heavy atom. The van der Waals surface area contributed by atoms with E-state index >= 15 is 0 Å². The first kappa shape index (κ1) is 13.4. The van der Waals surface area contributed by atoms with Gasteiger partial charge in [-0.05, 0) is 37.3 Å². The SMILES string of the molecule is Cc1ccccc1CCc1cnc(CCNC2CC2)o1. The van der Waals surface area contributed by atoms with E-state index in [9.17, 15) is 0 Å². The van der Waals surface area contributed by atoms with Crippen LogP contribution in [0.1, 0.15) is 35.6 Å². The summed E-state index contributed by atoms with van der Waals surface area (Å²) < 4.78 is 5.80. The van der Waals surface area contributed by atoms with Crippen molar-refractivity contribution in [2.45, 2.75) is 45.1 Å². The first-order chi connectivity index (χ1) is 9.81. The van der Waals surface area contributed by atoms with Gasteiger partial charge >= 0.3 is 0 Å². The zero-order valence-corrected chi connectivity index (χ0v) is 12.1. The Kier molecular flexibility index (Phi) is 4.16. The van der Waals surface area contributed by atoms with Crippen LogP contribution in [-0.4, -0.2) is 17.6 Å². The zero-order chi connectivity index (χ0) is 13.8. The standard InChI is InChI=1S/C17H22N2O/c1-13-4-2-3-5-14(13)6-9-16-12-19-17(20-16)10-11-18-15-7-8-15/h2-5,12,15,18H,6-11H2,1H3. The number of aromatic nitrogens is 1. The predicted octanol–water partition coefficient (Wildman–Crippen LogP) is 3.06. The van der Waals surface area contributed by atoms with Crippen molar-refractivity contribution in [1.29, 1.82) is 0 Å². The minimum Gasteiger partial charge on any atom is -0.446 e. The fourth-order valence-electron chi connectivity index (χ4n) is 2.40. The highest BCUT2D eigenvalue weighted by atomic mass is 16.4. The van der Waals surface area contributed by atoms with Gasteiger partial charge in [-0.25, -0.2) is 4.98 Å². The quantitative estimate of drug-likeness (QED) is 0.840. The molecule has 1 aromatic heterocycles. The lowest BCUT2D eigenvalue weighted by atomic mass is 10.0. The number of hydrogen-bond donors (Lipinski definition) is 1. The molecule has 2 aromatic rings. The molecular formula is C17H22N2O. The van der Waals surface area contributed by atoms with E-state index in [1.165, 1.54) is 24.0 Å². The van der Waals surface area contributed by atoms with Crippen LogP contribution in [0.2, 0.25) is 0 Å². The molecule has 0 radical (unpaired) electrons. The fraction of sp³-hybridized carbons (Fsp3) is 0.471. The Hall–Kier alpha value is -1.61. The minimum absolute atomic E-state index is 0.755. The molecule has 1 aliphatic carbocycles. The number of oxazole rings is 1. The summed E-state index contributed by atoms with van der Waals surface area (Å²) >= 11 is 0. The molecule has 1 N–H and O–H groups in total. The van der Waals surface area contributed by atoms with Crippen molar-refractivity contribution in [3.63, 3.8) is 0 Å². The second-order valence-electron chi connectivity index (χ2n) is 5.63. The summed E-state index contributed by atoms with van der Waals surface area (Å²) in [7, 11) is 0. The van der Waals surface area contributed by atoms with Crippen LogP contribution in [0.25, 0.3) is 0 Å². The number of nitrogens with zero attached hydrogens (tertiary/aromatic N) is 1. The Morgan fingerprint density at radius 1 is 1.20 bits per heavy atom. The molecule has 3 nitrogen and oxygen atoms in total. The predicted molar refractivity (Wildman–Crippen MR) is 79.8 cm³/mol. The van der Waals surface area contributed by atoms with Gasteiger partial charge in [-0.15, -0.1) is 0 Å². The first-order valence-electron chi connectivity index (χ1n) is 7.53. The Labute approximate surface area is 120 Å². The lowest BCUT2D eigenvalue weighted by Crippen LogP contribution is -2.19. The van der Waals surface area contributed by atoms with Gasteiger partial charge in [-0.2, -0.15) is 0 Å². The summed E-state index contributed by atoms with van der Waals surface area (Å²) in [5, 5.41) is 3.48. The van der Waals surface area contributed by atoms with Crippen LogP contribution in [-0.2, 0) is 19.3 Å². The van der Waals surface area contributed by atoms with Gasteiger partial charge in [0, 0.05) is 25.4 Å². The van der Waals surface area contributed by atoms with Crippen molar-refractivity contribution in [1.82, 2.24) is 10.3 Å². The van der Waals surface area contributed by atoms with Gasteiger partial charge in [-0.3, -0.25) is 0 Å². The van der Waals surface area contributed by atoms with Crippen LogP contribution >= 0.6 is 0 Å². The van der Waals surface area contributed by atoms with Gasteiger partial charge < -0.3 is 9.73 Å². The third-order valence-electron chi connectivity index (χ3n) is 3.85. The number of benzene rings is 1. The monoisotopic (exact) mass is 270 g/mol. The van der Waals surface area contributed by atoms with Crippen LogP contribution < -0.4 is 5.32 Å². The Morgan fingerprint density at radius 2 is 2.05 bits per heavy atom.